The number of rotatable bonds is 6. The van der Waals surface area contributed by atoms with Crippen molar-refractivity contribution < 1.29 is 9.90 Å². The number of halogens is 1. The highest BCUT2D eigenvalue weighted by atomic mass is 35.5. The second-order valence-corrected chi connectivity index (χ2v) is 5.34. The number of nitrogens with one attached hydrogen (secondary N) is 2. The molecule has 0 saturated carbocycles. The first-order valence-electron chi connectivity index (χ1n) is 5.67. The SMILES string of the molecule is CC(C)(CCCO)CNC(=O)c1cc(Cl)c[nH]1. The van der Waals surface area contributed by atoms with Crippen molar-refractivity contribution in [1.29, 1.82) is 0 Å². The number of amides is 1. The van der Waals surface area contributed by atoms with Gasteiger partial charge in [-0.2, -0.15) is 0 Å². The zero-order valence-corrected chi connectivity index (χ0v) is 11.0. The Labute approximate surface area is 106 Å². The molecule has 17 heavy (non-hydrogen) atoms. The summed E-state index contributed by atoms with van der Waals surface area (Å²) in [5, 5.41) is 12.2. The molecular formula is C12H19ClN2O2. The van der Waals surface area contributed by atoms with Gasteiger partial charge in [0, 0.05) is 19.3 Å². The van der Waals surface area contributed by atoms with Crippen LogP contribution in [0.4, 0.5) is 0 Å². The summed E-state index contributed by atoms with van der Waals surface area (Å²) in [6.45, 7) is 4.88. The fourth-order valence-electron chi connectivity index (χ4n) is 1.56. The molecule has 0 unspecified atom stereocenters. The zero-order chi connectivity index (χ0) is 12.9. The topological polar surface area (TPSA) is 65.1 Å². The van der Waals surface area contributed by atoms with E-state index in [-0.39, 0.29) is 17.9 Å². The summed E-state index contributed by atoms with van der Waals surface area (Å²) >= 11 is 5.72. The van der Waals surface area contributed by atoms with E-state index in [4.69, 9.17) is 16.7 Å². The molecule has 0 fully saturated rings. The third-order valence-electron chi connectivity index (χ3n) is 2.63. The van der Waals surface area contributed by atoms with Gasteiger partial charge in [0.15, 0.2) is 0 Å². The summed E-state index contributed by atoms with van der Waals surface area (Å²) < 4.78 is 0. The summed E-state index contributed by atoms with van der Waals surface area (Å²) in [5.41, 5.74) is 0.447. The van der Waals surface area contributed by atoms with Gasteiger partial charge < -0.3 is 15.4 Å². The lowest BCUT2D eigenvalue weighted by Crippen LogP contribution is -2.34. The molecule has 1 amide bonds. The Bertz CT molecular complexity index is 374. The number of aromatic nitrogens is 1. The predicted molar refractivity (Wildman–Crippen MR) is 68.2 cm³/mol. The minimum absolute atomic E-state index is 0.0191. The van der Waals surface area contributed by atoms with Gasteiger partial charge in [0.05, 0.1) is 5.02 Å². The van der Waals surface area contributed by atoms with E-state index < -0.39 is 0 Å². The Hall–Kier alpha value is -1.00. The van der Waals surface area contributed by atoms with E-state index in [0.29, 0.717) is 17.3 Å². The van der Waals surface area contributed by atoms with Crippen LogP contribution in [0.15, 0.2) is 12.3 Å². The first kappa shape index (κ1) is 14.1. The molecule has 0 aromatic carbocycles. The smallest absolute Gasteiger partial charge is 0.267 e. The van der Waals surface area contributed by atoms with Crippen molar-refractivity contribution in [3.05, 3.63) is 23.0 Å². The van der Waals surface area contributed by atoms with E-state index in [1.54, 1.807) is 12.3 Å². The van der Waals surface area contributed by atoms with Crippen LogP contribution in [0.3, 0.4) is 0 Å². The van der Waals surface area contributed by atoms with E-state index in [9.17, 15) is 4.79 Å². The average Bonchev–Trinajstić information content (AvgIpc) is 2.70. The normalized spacial score (nSPS) is 11.5. The minimum atomic E-state index is -0.158. The molecule has 0 bridgehead atoms. The van der Waals surface area contributed by atoms with Gasteiger partial charge in [-0.3, -0.25) is 4.79 Å². The van der Waals surface area contributed by atoms with Gasteiger partial charge in [-0.1, -0.05) is 25.4 Å². The van der Waals surface area contributed by atoms with Crippen molar-refractivity contribution in [2.45, 2.75) is 26.7 Å². The maximum absolute atomic E-state index is 11.7. The van der Waals surface area contributed by atoms with E-state index in [2.05, 4.69) is 24.1 Å². The van der Waals surface area contributed by atoms with Gasteiger partial charge in [-0.05, 0) is 24.3 Å². The van der Waals surface area contributed by atoms with Crippen molar-refractivity contribution in [3.8, 4) is 0 Å². The molecule has 96 valence electrons. The standard InChI is InChI=1S/C12H19ClN2O2/c1-12(2,4-3-5-16)8-15-11(17)10-6-9(13)7-14-10/h6-7,14,16H,3-5,8H2,1-2H3,(H,15,17). The molecule has 0 spiro atoms. The number of aromatic amines is 1. The lowest BCUT2D eigenvalue weighted by Gasteiger charge is -2.24. The van der Waals surface area contributed by atoms with Crippen LogP contribution < -0.4 is 5.32 Å². The molecule has 0 atom stereocenters. The Balaban J connectivity index is 2.42. The maximum atomic E-state index is 11.7. The fraction of sp³-hybridized carbons (Fsp3) is 0.583. The molecule has 1 aromatic rings. The van der Waals surface area contributed by atoms with Gasteiger partial charge in [0.25, 0.3) is 5.91 Å². The van der Waals surface area contributed by atoms with Crippen LogP contribution in [-0.4, -0.2) is 29.1 Å². The van der Waals surface area contributed by atoms with Crippen LogP contribution in [0.1, 0.15) is 37.2 Å². The van der Waals surface area contributed by atoms with Crippen molar-refractivity contribution in [1.82, 2.24) is 10.3 Å². The van der Waals surface area contributed by atoms with Gasteiger partial charge in [0.1, 0.15) is 5.69 Å². The van der Waals surface area contributed by atoms with Gasteiger partial charge in [-0.25, -0.2) is 0 Å². The molecule has 5 heteroatoms. The number of H-pyrrole nitrogens is 1. The van der Waals surface area contributed by atoms with Crippen LogP contribution in [0, 0.1) is 5.41 Å². The van der Waals surface area contributed by atoms with Crippen molar-refractivity contribution >= 4 is 17.5 Å². The molecule has 0 aliphatic heterocycles. The molecule has 0 aliphatic carbocycles. The third-order valence-corrected chi connectivity index (χ3v) is 2.85. The number of carbonyl (C=O) groups is 1. The van der Waals surface area contributed by atoms with E-state index in [1.807, 2.05) is 0 Å². The highest BCUT2D eigenvalue weighted by Gasteiger charge is 2.19. The van der Waals surface area contributed by atoms with Crippen LogP contribution >= 0.6 is 11.6 Å². The summed E-state index contributed by atoms with van der Waals surface area (Å²) in [6.07, 6.45) is 3.19. The number of aliphatic hydroxyl groups is 1. The average molecular weight is 259 g/mol. The van der Waals surface area contributed by atoms with Gasteiger partial charge in [-0.15, -0.1) is 0 Å². The number of hydrogen-bond donors (Lipinski definition) is 3. The molecule has 1 rings (SSSR count). The highest BCUT2D eigenvalue weighted by Crippen LogP contribution is 2.21. The molecular weight excluding hydrogens is 240 g/mol. The van der Waals surface area contributed by atoms with Crippen LogP contribution in [-0.2, 0) is 0 Å². The number of aliphatic hydroxyl groups excluding tert-OH is 1. The number of carbonyl (C=O) groups excluding carboxylic acids is 1. The maximum Gasteiger partial charge on any atom is 0.267 e. The fourth-order valence-corrected chi connectivity index (χ4v) is 1.72. The lowest BCUT2D eigenvalue weighted by molar-refractivity contribution is 0.0928. The second kappa shape index (κ2) is 6.07. The van der Waals surface area contributed by atoms with E-state index in [0.717, 1.165) is 12.8 Å². The molecule has 0 aliphatic rings. The van der Waals surface area contributed by atoms with E-state index >= 15 is 0 Å². The molecule has 4 nitrogen and oxygen atoms in total. The van der Waals surface area contributed by atoms with Crippen LogP contribution in [0.2, 0.25) is 5.02 Å². The lowest BCUT2D eigenvalue weighted by atomic mass is 9.88. The molecule has 0 radical (unpaired) electrons. The quantitative estimate of drug-likeness (QED) is 0.732. The van der Waals surface area contributed by atoms with Crippen molar-refractivity contribution in [2.75, 3.05) is 13.2 Å². The van der Waals surface area contributed by atoms with Crippen LogP contribution in [0.25, 0.3) is 0 Å². The minimum Gasteiger partial charge on any atom is -0.396 e. The summed E-state index contributed by atoms with van der Waals surface area (Å²) in [4.78, 5) is 14.5. The van der Waals surface area contributed by atoms with E-state index in [1.165, 1.54) is 0 Å². The van der Waals surface area contributed by atoms with Gasteiger partial charge >= 0.3 is 0 Å². The Morgan fingerprint density at radius 3 is 2.82 bits per heavy atom. The molecule has 1 aromatic heterocycles. The molecule has 3 N–H and O–H groups in total. The van der Waals surface area contributed by atoms with Crippen molar-refractivity contribution in [2.24, 2.45) is 5.41 Å². The zero-order valence-electron chi connectivity index (χ0n) is 10.2. The van der Waals surface area contributed by atoms with Gasteiger partial charge in [0.2, 0.25) is 0 Å². The monoisotopic (exact) mass is 258 g/mol. The second-order valence-electron chi connectivity index (χ2n) is 4.91. The summed E-state index contributed by atoms with van der Waals surface area (Å²) in [7, 11) is 0. The Kier molecular flexibility index (Phi) is 5.02. The first-order chi connectivity index (χ1) is 7.94. The predicted octanol–water partition coefficient (Wildman–Crippen LogP) is 2.20. The third kappa shape index (κ3) is 4.79. The molecule has 1 heterocycles. The van der Waals surface area contributed by atoms with Crippen LogP contribution in [0.5, 0.6) is 0 Å². The largest absolute Gasteiger partial charge is 0.396 e. The Morgan fingerprint density at radius 1 is 1.59 bits per heavy atom. The molecule has 0 saturated heterocycles. The Morgan fingerprint density at radius 2 is 2.29 bits per heavy atom. The summed E-state index contributed by atoms with van der Waals surface area (Å²) in [6, 6.07) is 1.59. The highest BCUT2D eigenvalue weighted by molar-refractivity contribution is 6.30. The number of hydrogen-bond acceptors (Lipinski definition) is 2. The first-order valence-corrected chi connectivity index (χ1v) is 6.05. The summed E-state index contributed by atoms with van der Waals surface area (Å²) in [5.74, 6) is -0.158. The van der Waals surface area contributed by atoms with Crippen molar-refractivity contribution in [3.63, 3.8) is 0 Å².